The van der Waals surface area contributed by atoms with Gasteiger partial charge in [-0.3, -0.25) is 0 Å². The van der Waals surface area contributed by atoms with E-state index in [2.05, 4.69) is 27.7 Å². The van der Waals surface area contributed by atoms with Gasteiger partial charge >= 0.3 is 0 Å². The van der Waals surface area contributed by atoms with E-state index in [1.165, 1.54) is 0 Å². The summed E-state index contributed by atoms with van der Waals surface area (Å²) in [6.07, 6.45) is -32.3. The first kappa shape index (κ1) is 61.6. The van der Waals surface area contributed by atoms with Crippen LogP contribution in [0.15, 0.2) is 0 Å². The summed E-state index contributed by atoms with van der Waals surface area (Å²) in [5.74, 6) is 2.46. The van der Waals surface area contributed by atoms with E-state index in [9.17, 15) is 71.5 Å². The molecule has 466 valence electrons. The van der Waals surface area contributed by atoms with E-state index in [-0.39, 0.29) is 22.9 Å². The van der Waals surface area contributed by atoms with Gasteiger partial charge in [-0.2, -0.15) is 0 Å². The van der Waals surface area contributed by atoms with Gasteiger partial charge in [0.1, 0.15) is 110 Å². The van der Waals surface area contributed by atoms with Gasteiger partial charge in [-0.05, 0) is 104 Å². The number of rotatable bonds is 13. The summed E-state index contributed by atoms with van der Waals surface area (Å²) in [6, 6.07) is 0. The molecule has 7 saturated heterocycles. The smallest absolute Gasteiger partial charge is 0.187 e. The van der Waals surface area contributed by atoms with Crippen molar-refractivity contribution in [3.05, 3.63) is 0 Å². The second kappa shape index (κ2) is 24.2. The predicted molar refractivity (Wildman–Crippen MR) is 269 cm³/mol. The third-order valence-corrected chi connectivity index (χ3v) is 21.7. The zero-order chi connectivity index (χ0) is 57.8. The predicted octanol–water partition coefficient (Wildman–Crippen LogP) is -3.81. The second-order valence-corrected chi connectivity index (χ2v) is 26.2. The minimum absolute atomic E-state index is 0.0344. The van der Waals surface area contributed by atoms with Gasteiger partial charge in [0.05, 0.1) is 51.8 Å². The normalized spacial score (nSPS) is 57.6. The van der Waals surface area contributed by atoms with Gasteiger partial charge in [0, 0.05) is 12.3 Å². The van der Waals surface area contributed by atoms with Crippen LogP contribution in [0.4, 0.5) is 0 Å². The third-order valence-electron chi connectivity index (χ3n) is 21.7. The van der Waals surface area contributed by atoms with Crippen molar-refractivity contribution in [3.8, 4) is 0 Å². The van der Waals surface area contributed by atoms with Crippen LogP contribution in [0.2, 0.25) is 0 Å². The molecule has 7 heterocycles. The SMILES string of the molecule is C[C@@H]1CC[C@@]2(OC1)O[C@H]1C[C@H]3[C@@H]4CC[C@H]5C[C@@H](O[C@@H]6O[C@H](CO)[C@@H](O)[C@H](O[C@@H]7O[C@H](CO)[C@@H](O)[C@H](O[C@@H]8OC[C@@H](O)[C@H](O)[C@H]8O)[C@H]7O[C@@H]7OC[C@@H](O)[C@H](O)[C@H]7O)[C@H]6O[C@@H]6O[C@H](CO)[C@H](O)[C@H](O)[C@H]6O)CC[C@]5(C)[C@H]4CC[C@]3(C)[C@H]1[C@@H]2C. The molecule has 81 heavy (non-hydrogen) atoms. The molecule has 11 rings (SSSR count). The lowest BCUT2D eigenvalue weighted by Crippen LogP contribution is -2.69. The number of aliphatic hydroxyl groups is 14. The molecule has 7 aliphatic heterocycles. The first-order chi connectivity index (χ1) is 38.6. The van der Waals surface area contributed by atoms with E-state index in [0.29, 0.717) is 48.3 Å². The van der Waals surface area contributed by atoms with Crippen molar-refractivity contribution in [2.24, 2.45) is 52.3 Å². The van der Waals surface area contributed by atoms with Crippen molar-refractivity contribution >= 4 is 0 Å². The zero-order valence-corrected chi connectivity index (χ0v) is 46.4. The molecule has 4 aliphatic carbocycles. The fourth-order valence-electron chi connectivity index (χ4n) is 17.0. The molecule has 35 atom stereocenters. The molecule has 14 N–H and O–H groups in total. The Kier molecular flexibility index (Phi) is 18.4. The van der Waals surface area contributed by atoms with E-state index in [0.717, 1.165) is 58.0 Å². The minimum Gasteiger partial charge on any atom is -0.394 e. The van der Waals surface area contributed by atoms with Crippen LogP contribution in [-0.2, 0) is 56.8 Å². The van der Waals surface area contributed by atoms with E-state index in [1.54, 1.807) is 0 Å². The van der Waals surface area contributed by atoms with Crippen LogP contribution in [-0.4, -0.2) is 270 Å². The van der Waals surface area contributed by atoms with Crippen LogP contribution in [0.5, 0.6) is 0 Å². The Morgan fingerprint density at radius 1 is 0.457 bits per heavy atom. The second-order valence-electron chi connectivity index (χ2n) is 26.2. The Balaban J connectivity index is 0.865. The van der Waals surface area contributed by atoms with Gasteiger partial charge in [-0.25, -0.2) is 0 Å². The maximum atomic E-state index is 12.2. The number of aliphatic hydroxyl groups excluding tert-OH is 14. The van der Waals surface area contributed by atoms with E-state index < -0.39 is 186 Å². The summed E-state index contributed by atoms with van der Waals surface area (Å²) in [7, 11) is 0. The summed E-state index contributed by atoms with van der Waals surface area (Å²) >= 11 is 0. The number of hydrogen-bond acceptors (Lipinski definition) is 26. The van der Waals surface area contributed by atoms with Crippen molar-refractivity contribution in [1.29, 1.82) is 0 Å². The van der Waals surface area contributed by atoms with Gasteiger partial charge in [-0.1, -0.05) is 27.7 Å². The fourth-order valence-corrected chi connectivity index (χ4v) is 17.0. The van der Waals surface area contributed by atoms with Crippen LogP contribution in [0.3, 0.4) is 0 Å². The summed E-state index contributed by atoms with van der Waals surface area (Å²) < 4.78 is 75.1. The number of fused-ring (bicyclic) bond motifs is 7. The van der Waals surface area contributed by atoms with Crippen molar-refractivity contribution in [1.82, 2.24) is 0 Å². The third kappa shape index (κ3) is 10.9. The average molecular weight is 1170 g/mol. The largest absolute Gasteiger partial charge is 0.394 e. The molecule has 0 unspecified atom stereocenters. The summed E-state index contributed by atoms with van der Waals surface area (Å²) in [4.78, 5) is 0. The summed E-state index contributed by atoms with van der Waals surface area (Å²) in [5.41, 5.74) is 0.0949. The van der Waals surface area contributed by atoms with Crippen LogP contribution in [0.1, 0.15) is 91.9 Å². The summed E-state index contributed by atoms with van der Waals surface area (Å²) in [5, 5.41) is 153. The molecule has 26 heteroatoms. The Morgan fingerprint density at radius 3 is 1.56 bits per heavy atom. The highest BCUT2D eigenvalue weighted by Crippen LogP contribution is 2.71. The van der Waals surface area contributed by atoms with Crippen molar-refractivity contribution in [2.45, 2.75) is 251 Å². The highest BCUT2D eigenvalue weighted by atomic mass is 16.8. The Labute approximate surface area is 470 Å². The molecule has 0 bridgehead atoms. The van der Waals surface area contributed by atoms with Crippen molar-refractivity contribution in [2.75, 3.05) is 39.6 Å². The Morgan fingerprint density at radius 2 is 0.975 bits per heavy atom. The van der Waals surface area contributed by atoms with Crippen LogP contribution in [0, 0.1) is 52.3 Å². The molecular weight excluding hydrogens is 1080 g/mol. The van der Waals surface area contributed by atoms with Crippen molar-refractivity contribution < 1.29 is 128 Å². The Bertz CT molecular complexity index is 2090. The van der Waals surface area contributed by atoms with Gasteiger partial charge < -0.3 is 128 Å². The topological polar surface area (TPSA) is 394 Å². The fraction of sp³-hybridized carbons (Fsp3) is 1.00. The number of hydrogen-bond donors (Lipinski definition) is 14. The Hall–Kier alpha value is -1.04. The average Bonchev–Trinajstić information content (AvgIpc) is 3.97. The molecule has 0 aromatic carbocycles. The quantitative estimate of drug-likeness (QED) is 0.0786. The standard InChI is InChI=1S/C55H90O26/c1-21-7-12-55(72-18-21)22(2)34-30(81-55)14-27-25-6-5-23-13-24(8-10-53(23,3)26(25)9-11-54(27,34)4)73-51-46(80-50-43(69)40(66)37(63)31(15-56)74-50)45(39(65)32(16-57)75-51)78-52-47(79-49-42(68)36(62)29(60)20-71-49)44(38(64)33(17-58)76-52)77-48-41(67)35(61)28(59)19-70-48/h21-52,56-69H,5-20H2,1-4H3/t21-,22+,23+,24+,25-,26+,27+,28-,29-,30+,31-,32-,33-,34+,35+,36+,37+,38-,39-,40+,41-,42-,43-,44+,45+,46-,47-,48+,49+,50+,51-,52+,53+,54+,55-/m1/s1. The summed E-state index contributed by atoms with van der Waals surface area (Å²) in [6.45, 7) is 6.54. The van der Waals surface area contributed by atoms with E-state index >= 15 is 0 Å². The van der Waals surface area contributed by atoms with Crippen LogP contribution < -0.4 is 0 Å². The molecule has 4 saturated carbocycles. The van der Waals surface area contributed by atoms with Crippen LogP contribution >= 0.6 is 0 Å². The molecule has 0 aromatic heterocycles. The monoisotopic (exact) mass is 1170 g/mol. The first-order valence-corrected chi connectivity index (χ1v) is 29.7. The molecule has 1 spiro atoms. The molecule has 11 fully saturated rings. The lowest BCUT2D eigenvalue weighted by atomic mass is 9.44. The van der Waals surface area contributed by atoms with Gasteiger partial charge in [0.25, 0.3) is 0 Å². The van der Waals surface area contributed by atoms with E-state index in [4.69, 9.17) is 56.8 Å². The lowest BCUT2D eigenvalue weighted by Gasteiger charge is -2.61. The van der Waals surface area contributed by atoms with E-state index in [1.807, 2.05) is 0 Å². The van der Waals surface area contributed by atoms with Crippen LogP contribution in [0.25, 0.3) is 0 Å². The number of ether oxygens (including phenoxy) is 12. The molecule has 0 amide bonds. The maximum Gasteiger partial charge on any atom is 0.187 e. The molecular formula is C55H90O26. The highest BCUT2D eigenvalue weighted by molar-refractivity contribution is 5.16. The highest BCUT2D eigenvalue weighted by Gasteiger charge is 2.70. The molecule has 26 nitrogen and oxygen atoms in total. The van der Waals surface area contributed by atoms with Gasteiger partial charge in [0.2, 0.25) is 0 Å². The first-order valence-electron chi connectivity index (χ1n) is 29.7. The maximum absolute atomic E-state index is 12.2. The molecule has 0 aromatic rings. The molecule has 0 radical (unpaired) electrons. The molecule has 11 aliphatic rings. The van der Waals surface area contributed by atoms with Gasteiger partial charge in [0.15, 0.2) is 37.2 Å². The zero-order valence-electron chi connectivity index (χ0n) is 46.4. The lowest BCUT2D eigenvalue weighted by molar-refractivity contribution is -0.413. The minimum atomic E-state index is -1.99. The van der Waals surface area contributed by atoms with Crippen molar-refractivity contribution in [3.63, 3.8) is 0 Å². The van der Waals surface area contributed by atoms with Gasteiger partial charge in [-0.15, -0.1) is 0 Å².